The fourth-order valence-electron chi connectivity index (χ4n) is 3.30. The van der Waals surface area contributed by atoms with Gasteiger partial charge in [0.25, 0.3) is 5.91 Å². The van der Waals surface area contributed by atoms with Crippen molar-refractivity contribution in [2.45, 2.75) is 31.0 Å². The summed E-state index contributed by atoms with van der Waals surface area (Å²) in [5.74, 6) is -1.26. The Labute approximate surface area is 180 Å². The van der Waals surface area contributed by atoms with Crippen LogP contribution >= 0.6 is 11.3 Å². The fraction of sp³-hybridized carbons (Fsp3) is 0.263. The maximum Gasteiger partial charge on any atom is 0.573 e. The Morgan fingerprint density at radius 3 is 2.47 bits per heavy atom. The molecule has 2 N–H and O–H groups in total. The first kappa shape index (κ1) is 22.0. The number of thiophene rings is 1. The van der Waals surface area contributed by atoms with E-state index in [4.69, 9.17) is 0 Å². The molecular weight excluding hydrogens is 462 g/mol. The van der Waals surface area contributed by atoms with Gasteiger partial charge in [-0.2, -0.15) is 18.3 Å². The highest BCUT2D eigenvalue weighted by Gasteiger charge is 2.47. The van der Waals surface area contributed by atoms with Crippen LogP contribution < -0.4 is 15.4 Å². The van der Waals surface area contributed by atoms with Crippen LogP contribution in [0.4, 0.5) is 37.8 Å². The van der Waals surface area contributed by atoms with Crippen molar-refractivity contribution in [2.75, 3.05) is 10.6 Å². The number of amides is 1. The zero-order valence-electron chi connectivity index (χ0n) is 15.9. The van der Waals surface area contributed by atoms with Crippen molar-refractivity contribution in [1.29, 1.82) is 0 Å². The number of alkyl halides is 6. The highest BCUT2D eigenvalue weighted by molar-refractivity contribution is 7.10. The van der Waals surface area contributed by atoms with Gasteiger partial charge < -0.3 is 15.4 Å². The van der Waals surface area contributed by atoms with Crippen LogP contribution in [0.3, 0.4) is 0 Å². The number of halogens is 6. The van der Waals surface area contributed by atoms with Crippen LogP contribution in [0.1, 0.15) is 33.9 Å². The number of aromatic nitrogens is 2. The molecule has 0 saturated carbocycles. The molecule has 1 aliphatic rings. The molecule has 32 heavy (non-hydrogen) atoms. The minimum atomic E-state index is -4.86. The van der Waals surface area contributed by atoms with Crippen molar-refractivity contribution in [3.05, 3.63) is 58.4 Å². The first-order chi connectivity index (χ1) is 15.0. The van der Waals surface area contributed by atoms with Crippen LogP contribution in [-0.2, 0) is 0 Å². The number of hydrogen-bond donors (Lipinski definition) is 2. The second-order valence-electron chi connectivity index (χ2n) is 6.89. The number of nitrogens with zero attached hydrogens (tertiary/aromatic N) is 2. The lowest BCUT2D eigenvalue weighted by Crippen LogP contribution is -2.35. The van der Waals surface area contributed by atoms with Crippen LogP contribution in [0.15, 0.2) is 47.8 Å². The Morgan fingerprint density at radius 1 is 1.16 bits per heavy atom. The van der Waals surface area contributed by atoms with E-state index in [1.807, 2.05) is 0 Å². The van der Waals surface area contributed by atoms with Gasteiger partial charge in [0.1, 0.15) is 11.6 Å². The number of carbonyl (C=O) groups excluding carboxylic acids is 1. The van der Waals surface area contributed by atoms with Gasteiger partial charge in [0.05, 0.1) is 6.04 Å². The Balaban J connectivity index is 1.54. The number of rotatable bonds is 4. The minimum Gasteiger partial charge on any atom is -0.406 e. The maximum atomic E-state index is 13.7. The lowest BCUT2D eigenvalue weighted by atomic mass is 10.0. The second-order valence-corrected chi connectivity index (χ2v) is 7.87. The molecule has 1 amide bonds. The highest BCUT2D eigenvalue weighted by Crippen LogP contribution is 2.44. The van der Waals surface area contributed by atoms with Crippen molar-refractivity contribution in [1.82, 2.24) is 9.78 Å². The number of anilines is 2. The Bertz CT molecular complexity index is 1090. The third-order valence-electron chi connectivity index (χ3n) is 4.65. The maximum absolute atomic E-state index is 13.7. The van der Waals surface area contributed by atoms with E-state index in [1.54, 1.807) is 17.5 Å². The van der Waals surface area contributed by atoms with Crippen molar-refractivity contribution < 1.29 is 35.9 Å². The largest absolute Gasteiger partial charge is 0.573 e. The molecule has 1 aromatic carbocycles. The normalized spacial score (nSPS) is 18.6. The molecule has 3 heterocycles. The van der Waals surface area contributed by atoms with Crippen molar-refractivity contribution in [2.24, 2.45) is 0 Å². The van der Waals surface area contributed by atoms with E-state index in [0.29, 0.717) is 0 Å². The number of hydrogen-bond acceptors (Lipinski definition) is 5. The molecule has 170 valence electrons. The third kappa shape index (κ3) is 4.82. The third-order valence-corrected chi connectivity index (χ3v) is 5.64. The quantitative estimate of drug-likeness (QED) is 0.470. The SMILES string of the molecule is O=C(Nc1ccc(OC(F)(F)F)cc1)c1cc2n(n1)[C@H](C(F)(F)F)C[C@H](c1cccs1)N2. The standard InChI is InChI=1S/C19H14F6N4O2S/c20-18(21,22)15-8-12(14-2-1-7-32-14)27-16-9-13(28-29(15)16)17(30)26-10-3-5-11(6-4-10)31-19(23,24)25/h1-7,9,12,15,27H,8H2,(H,26,30)/t12-,15+/m1/s1. The van der Waals surface area contributed by atoms with E-state index in [-0.39, 0.29) is 23.6 Å². The molecule has 2 aromatic heterocycles. The van der Waals surface area contributed by atoms with Crippen LogP contribution in [0.5, 0.6) is 5.75 Å². The predicted octanol–water partition coefficient (Wildman–Crippen LogP) is 5.76. The summed E-state index contributed by atoms with van der Waals surface area (Å²) in [6, 6.07) is 6.46. The second kappa shape index (κ2) is 8.04. The van der Waals surface area contributed by atoms with Gasteiger partial charge in [0.2, 0.25) is 0 Å². The number of ether oxygens (including phenoxy) is 1. The average molecular weight is 476 g/mol. The predicted molar refractivity (Wildman–Crippen MR) is 104 cm³/mol. The van der Waals surface area contributed by atoms with E-state index in [1.165, 1.54) is 29.5 Å². The number of benzene rings is 1. The molecule has 0 spiro atoms. The van der Waals surface area contributed by atoms with Crippen LogP contribution in [0.25, 0.3) is 0 Å². The Morgan fingerprint density at radius 2 is 1.88 bits per heavy atom. The van der Waals surface area contributed by atoms with E-state index in [9.17, 15) is 31.1 Å². The van der Waals surface area contributed by atoms with Crippen molar-refractivity contribution >= 4 is 28.7 Å². The molecular formula is C19H14F6N4O2S. The Hall–Kier alpha value is -3.22. The summed E-state index contributed by atoms with van der Waals surface area (Å²) >= 11 is 1.32. The highest BCUT2D eigenvalue weighted by atomic mass is 32.1. The van der Waals surface area contributed by atoms with Gasteiger partial charge in [-0.15, -0.1) is 24.5 Å². The number of nitrogens with one attached hydrogen (secondary N) is 2. The smallest absolute Gasteiger partial charge is 0.406 e. The summed E-state index contributed by atoms with van der Waals surface area (Å²) in [6.45, 7) is 0. The van der Waals surface area contributed by atoms with E-state index >= 15 is 0 Å². The molecule has 0 radical (unpaired) electrons. The molecule has 1 aliphatic heterocycles. The van der Waals surface area contributed by atoms with Gasteiger partial charge in [-0.1, -0.05) is 6.07 Å². The van der Waals surface area contributed by atoms with Crippen molar-refractivity contribution in [3.63, 3.8) is 0 Å². The van der Waals surface area contributed by atoms with Crippen molar-refractivity contribution in [3.8, 4) is 5.75 Å². The lowest BCUT2D eigenvalue weighted by molar-refractivity contribution is -0.274. The van der Waals surface area contributed by atoms with Gasteiger partial charge in [0.15, 0.2) is 11.7 Å². The molecule has 0 bridgehead atoms. The minimum absolute atomic E-state index is 0.0380. The summed E-state index contributed by atoms with van der Waals surface area (Å²) in [5, 5.41) is 11.0. The summed E-state index contributed by atoms with van der Waals surface area (Å²) in [4.78, 5) is 13.2. The van der Waals surface area contributed by atoms with Gasteiger partial charge in [-0.05, 0) is 35.7 Å². The Kier molecular flexibility index (Phi) is 5.53. The molecule has 0 unspecified atom stereocenters. The molecule has 0 aliphatic carbocycles. The first-order valence-electron chi connectivity index (χ1n) is 9.13. The summed E-state index contributed by atoms with van der Waals surface area (Å²) in [6.07, 6.45) is -9.73. The van der Waals surface area contributed by atoms with E-state index < -0.39 is 36.3 Å². The van der Waals surface area contributed by atoms with Gasteiger partial charge >= 0.3 is 12.5 Å². The molecule has 6 nitrogen and oxygen atoms in total. The summed E-state index contributed by atoms with van der Waals surface area (Å²) in [5.41, 5.74) is -0.156. The topological polar surface area (TPSA) is 68.2 Å². The lowest BCUT2D eigenvalue weighted by Gasteiger charge is -2.32. The zero-order valence-corrected chi connectivity index (χ0v) is 16.7. The van der Waals surface area contributed by atoms with Crippen LogP contribution in [0.2, 0.25) is 0 Å². The molecule has 2 atom stereocenters. The monoisotopic (exact) mass is 476 g/mol. The van der Waals surface area contributed by atoms with Gasteiger partial charge in [-0.3, -0.25) is 4.79 Å². The first-order valence-corrected chi connectivity index (χ1v) is 10.0. The number of carbonyl (C=O) groups is 1. The fourth-order valence-corrected chi connectivity index (χ4v) is 4.09. The van der Waals surface area contributed by atoms with Gasteiger partial charge in [0, 0.05) is 23.1 Å². The summed E-state index contributed by atoms with van der Waals surface area (Å²) in [7, 11) is 0. The molecule has 3 aromatic rings. The average Bonchev–Trinajstić information content (AvgIpc) is 3.36. The molecule has 0 saturated heterocycles. The molecule has 0 fully saturated rings. The van der Waals surface area contributed by atoms with Crippen LogP contribution in [0, 0.1) is 0 Å². The molecule has 4 rings (SSSR count). The molecule has 13 heteroatoms. The number of fused-ring (bicyclic) bond motifs is 1. The summed E-state index contributed by atoms with van der Waals surface area (Å²) < 4.78 is 82.2. The van der Waals surface area contributed by atoms with E-state index in [0.717, 1.165) is 21.7 Å². The zero-order chi connectivity index (χ0) is 23.1. The van der Waals surface area contributed by atoms with Crippen LogP contribution in [-0.4, -0.2) is 28.2 Å². The van der Waals surface area contributed by atoms with E-state index in [2.05, 4.69) is 20.5 Å². The van der Waals surface area contributed by atoms with Gasteiger partial charge in [-0.25, -0.2) is 4.68 Å².